The Labute approximate surface area is 98.7 Å². The fraction of sp³-hybridized carbons (Fsp3) is 0.545. The third kappa shape index (κ3) is 3.13. The zero-order valence-electron chi connectivity index (χ0n) is 9.37. The van der Waals surface area contributed by atoms with Gasteiger partial charge in [0.1, 0.15) is 6.20 Å². The first-order valence-corrected chi connectivity index (χ1v) is 5.56. The van der Waals surface area contributed by atoms with Gasteiger partial charge in [-0.05, 0) is 18.8 Å². The van der Waals surface area contributed by atoms with Crippen molar-refractivity contribution in [2.45, 2.75) is 12.8 Å². The molecule has 17 heavy (non-hydrogen) atoms. The van der Waals surface area contributed by atoms with Crippen LogP contribution in [0.3, 0.4) is 0 Å². The summed E-state index contributed by atoms with van der Waals surface area (Å²) in [5, 5.41) is 10.7. The largest absolute Gasteiger partial charge is 0.486 e. The Morgan fingerprint density at radius 2 is 2.29 bits per heavy atom. The zero-order chi connectivity index (χ0) is 12.1. The highest BCUT2D eigenvalue weighted by Crippen LogP contribution is 2.26. The Bertz CT molecular complexity index is 391. The molecule has 0 unspecified atom stereocenters. The van der Waals surface area contributed by atoms with E-state index in [4.69, 9.17) is 9.47 Å². The van der Waals surface area contributed by atoms with E-state index >= 15 is 0 Å². The second-order valence-corrected chi connectivity index (χ2v) is 3.97. The van der Waals surface area contributed by atoms with Crippen LogP contribution in [-0.4, -0.2) is 29.7 Å². The molecular formula is C11H14N2O4. The van der Waals surface area contributed by atoms with Crippen LogP contribution < -0.4 is 4.74 Å². The second kappa shape index (κ2) is 5.58. The minimum Gasteiger partial charge on any atom is -0.486 e. The molecule has 6 nitrogen and oxygen atoms in total. The van der Waals surface area contributed by atoms with Crippen molar-refractivity contribution in [3.05, 3.63) is 28.6 Å². The minimum atomic E-state index is -0.480. The van der Waals surface area contributed by atoms with Gasteiger partial charge in [-0.2, -0.15) is 0 Å². The SMILES string of the molecule is O=[N+]([O-])c1cnccc1OCC1CCOCC1. The van der Waals surface area contributed by atoms with Gasteiger partial charge in [-0.3, -0.25) is 15.1 Å². The van der Waals surface area contributed by atoms with Crippen molar-refractivity contribution < 1.29 is 14.4 Å². The van der Waals surface area contributed by atoms with Gasteiger partial charge in [0.15, 0.2) is 5.75 Å². The molecule has 0 spiro atoms. The molecule has 0 radical (unpaired) electrons. The molecule has 1 aromatic heterocycles. The average Bonchev–Trinajstić information content (AvgIpc) is 2.38. The van der Waals surface area contributed by atoms with Crippen molar-refractivity contribution in [3.63, 3.8) is 0 Å². The summed E-state index contributed by atoms with van der Waals surface area (Å²) < 4.78 is 10.7. The molecule has 2 rings (SSSR count). The summed E-state index contributed by atoms with van der Waals surface area (Å²) in [6.45, 7) is 1.98. The Kier molecular flexibility index (Phi) is 3.87. The lowest BCUT2D eigenvalue weighted by atomic mass is 10.0. The Morgan fingerprint density at radius 3 is 3.00 bits per heavy atom. The van der Waals surface area contributed by atoms with E-state index in [1.54, 1.807) is 0 Å². The fourth-order valence-electron chi connectivity index (χ4n) is 1.75. The van der Waals surface area contributed by atoms with Crippen LogP contribution in [0.5, 0.6) is 5.75 Å². The van der Waals surface area contributed by atoms with Gasteiger partial charge in [0.05, 0.1) is 11.5 Å². The first-order chi connectivity index (χ1) is 8.27. The third-order valence-corrected chi connectivity index (χ3v) is 2.77. The molecule has 0 aliphatic carbocycles. The van der Waals surface area contributed by atoms with Gasteiger partial charge in [0.25, 0.3) is 0 Å². The first-order valence-electron chi connectivity index (χ1n) is 5.56. The van der Waals surface area contributed by atoms with Crippen LogP contribution in [0.25, 0.3) is 0 Å². The van der Waals surface area contributed by atoms with E-state index in [1.807, 2.05) is 0 Å². The first kappa shape index (κ1) is 11.8. The summed E-state index contributed by atoms with van der Waals surface area (Å²) in [5.74, 6) is 0.702. The van der Waals surface area contributed by atoms with Crippen LogP contribution in [0.4, 0.5) is 5.69 Å². The number of hydrogen-bond donors (Lipinski definition) is 0. The molecule has 92 valence electrons. The molecule has 0 atom stereocenters. The Balaban J connectivity index is 1.96. The second-order valence-electron chi connectivity index (χ2n) is 3.97. The lowest BCUT2D eigenvalue weighted by molar-refractivity contribution is -0.386. The number of ether oxygens (including phenoxy) is 2. The molecule has 6 heteroatoms. The highest BCUT2D eigenvalue weighted by Gasteiger charge is 2.18. The van der Waals surface area contributed by atoms with Crippen LogP contribution in [0.15, 0.2) is 18.5 Å². The number of nitro groups is 1. The molecule has 0 bridgehead atoms. The van der Waals surface area contributed by atoms with Crippen LogP contribution in [-0.2, 0) is 4.74 Å². The standard InChI is InChI=1S/C11H14N2O4/c14-13(15)10-7-12-4-1-11(10)17-8-9-2-5-16-6-3-9/h1,4,7,9H,2-3,5-6,8H2. The summed E-state index contributed by atoms with van der Waals surface area (Å²) in [7, 11) is 0. The summed E-state index contributed by atoms with van der Waals surface area (Å²) >= 11 is 0. The molecule has 1 aromatic rings. The minimum absolute atomic E-state index is 0.0837. The normalized spacial score (nSPS) is 16.7. The van der Waals surface area contributed by atoms with Gasteiger partial charge < -0.3 is 9.47 Å². The summed E-state index contributed by atoms with van der Waals surface area (Å²) in [4.78, 5) is 14.0. The predicted octanol–water partition coefficient (Wildman–Crippen LogP) is 1.80. The van der Waals surface area contributed by atoms with Crippen LogP contribution in [0.2, 0.25) is 0 Å². The summed E-state index contributed by atoms with van der Waals surface area (Å²) in [6, 6.07) is 1.53. The van der Waals surface area contributed by atoms with Crippen molar-refractivity contribution in [2.24, 2.45) is 5.92 Å². The molecule has 1 aliphatic rings. The fourth-order valence-corrected chi connectivity index (χ4v) is 1.75. The monoisotopic (exact) mass is 238 g/mol. The van der Waals surface area contributed by atoms with Crippen molar-refractivity contribution in [3.8, 4) is 5.75 Å². The van der Waals surface area contributed by atoms with E-state index in [1.165, 1.54) is 18.5 Å². The molecule has 0 aromatic carbocycles. The van der Waals surface area contributed by atoms with Gasteiger partial charge in [0, 0.05) is 25.5 Å². The number of pyridine rings is 1. The molecule has 2 heterocycles. The van der Waals surface area contributed by atoms with Gasteiger partial charge >= 0.3 is 5.69 Å². The summed E-state index contributed by atoms with van der Waals surface area (Å²) in [5.41, 5.74) is -0.0837. The topological polar surface area (TPSA) is 74.5 Å². The van der Waals surface area contributed by atoms with Gasteiger partial charge in [-0.15, -0.1) is 0 Å². The zero-order valence-corrected chi connectivity index (χ0v) is 9.37. The molecule has 1 aliphatic heterocycles. The van der Waals surface area contributed by atoms with Gasteiger partial charge in [0.2, 0.25) is 0 Å². The van der Waals surface area contributed by atoms with E-state index < -0.39 is 4.92 Å². The lowest BCUT2D eigenvalue weighted by Crippen LogP contribution is -2.21. The smallest absolute Gasteiger partial charge is 0.329 e. The highest BCUT2D eigenvalue weighted by molar-refractivity contribution is 5.42. The Hall–Kier alpha value is -1.69. The highest BCUT2D eigenvalue weighted by atomic mass is 16.6. The quantitative estimate of drug-likeness (QED) is 0.590. The maximum absolute atomic E-state index is 10.7. The number of aromatic nitrogens is 1. The van der Waals surface area contributed by atoms with E-state index in [0.29, 0.717) is 12.5 Å². The summed E-state index contributed by atoms with van der Waals surface area (Å²) in [6.07, 6.45) is 4.59. The maximum atomic E-state index is 10.7. The van der Waals surface area contributed by atoms with Crippen LogP contribution in [0.1, 0.15) is 12.8 Å². The van der Waals surface area contributed by atoms with Crippen molar-refractivity contribution in [1.82, 2.24) is 4.98 Å². The molecule has 0 amide bonds. The van der Waals surface area contributed by atoms with Crippen molar-refractivity contribution >= 4 is 5.69 Å². The van der Waals surface area contributed by atoms with E-state index in [-0.39, 0.29) is 11.4 Å². The number of nitrogens with zero attached hydrogens (tertiary/aromatic N) is 2. The number of hydrogen-bond acceptors (Lipinski definition) is 5. The molecule has 0 saturated carbocycles. The van der Waals surface area contributed by atoms with Crippen molar-refractivity contribution in [2.75, 3.05) is 19.8 Å². The Morgan fingerprint density at radius 1 is 1.53 bits per heavy atom. The maximum Gasteiger partial charge on any atom is 0.329 e. The average molecular weight is 238 g/mol. The predicted molar refractivity (Wildman–Crippen MR) is 59.9 cm³/mol. The lowest BCUT2D eigenvalue weighted by Gasteiger charge is -2.21. The molecule has 1 saturated heterocycles. The third-order valence-electron chi connectivity index (χ3n) is 2.77. The molecular weight excluding hydrogens is 224 g/mol. The van der Waals surface area contributed by atoms with Gasteiger partial charge in [-0.1, -0.05) is 0 Å². The van der Waals surface area contributed by atoms with E-state index in [9.17, 15) is 10.1 Å². The van der Waals surface area contributed by atoms with Crippen LogP contribution in [0, 0.1) is 16.0 Å². The number of rotatable bonds is 4. The van der Waals surface area contributed by atoms with Crippen LogP contribution >= 0.6 is 0 Å². The molecule has 1 fully saturated rings. The van der Waals surface area contributed by atoms with E-state index in [2.05, 4.69) is 4.98 Å². The molecule has 0 N–H and O–H groups in total. The van der Waals surface area contributed by atoms with Crippen molar-refractivity contribution in [1.29, 1.82) is 0 Å². The van der Waals surface area contributed by atoms with Gasteiger partial charge in [-0.25, -0.2) is 0 Å². The van der Waals surface area contributed by atoms with E-state index in [0.717, 1.165) is 26.1 Å².